The first kappa shape index (κ1) is 12.2. The zero-order valence-electron chi connectivity index (χ0n) is 9.07. The molecule has 0 saturated heterocycles. The summed E-state index contributed by atoms with van der Waals surface area (Å²) >= 11 is 11.7. The number of alkyl halides is 1. The Bertz CT molecular complexity index is 502. The van der Waals surface area contributed by atoms with E-state index < -0.39 is 0 Å². The summed E-state index contributed by atoms with van der Waals surface area (Å²) < 4.78 is 5.61. The van der Waals surface area contributed by atoms with Gasteiger partial charge in [0.05, 0.1) is 5.88 Å². The van der Waals surface area contributed by atoms with Crippen LogP contribution in [0.3, 0.4) is 0 Å². The molecular weight excluding hydrogens is 257 g/mol. The highest BCUT2D eigenvalue weighted by Crippen LogP contribution is 2.18. The lowest BCUT2D eigenvalue weighted by Gasteiger charge is -2.08. The molecule has 0 bridgehead atoms. The van der Waals surface area contributed by atoms with E-state index in [0.717, 1.165) is 11.1 Å². The van der Waals surface area contributed by atoms with Crippen LogP contribution >= 0.6 is 23.2 Å². The van der Waals surface area contributed by atoms with Crippen LogP contribution in [0, 0.1) is 0 Å². The van der Waals surface area contributed by atoms with E-state index in [2.05, 4.69) is 4.98 Å². The van der Waals surface area contributed by atoms with Crippen LogP contribution in [0.5, 0.6) is 5.88 Å². The summed E-state index contributed by atoms with van der Waals surface area (Å²) in [6.07, 6.45) is 1.68. The van der Waals surface area contributed by atoms with Gasteiger partial charge in [0.25, 0.3) is 0 Å². The number of halogens is 2. The summed E-state index contributed by atoms with van der Waals surface area (Å²) in [5.41, 5.74) is 1.89. The molecule has 0 spiro atoms. The first-order valence-electron chi connectivity index (χ1n) is 5.16. The van der Waals surface area contributed by atoms with E-state index in [9.17, 15) is 0 Å². The van der Waals surface area contributed by atoms with Gasteiger partial charge in [-0.25, -0.2) is 4.98 Å². The van der Waals surface area contributed by atoms with Crippen LogP contribution < -0.4 is 4.74 Å². The topological polar surface area (TPSA) is 22.1 Å². The van der Waals surface area contributed by atoms with Gasteiger partial charge in [-0.3, -0.25) is 0 Å². The van der Waals surface area contributed by atoms with Crippen molar-refractivity contribution in [2.45, 2.75) is 12.5 Å². The highest BCUT2D eigenvalue weighted by Gasteiger charge is 2.03. The zero-order valence-corrected chi connectivity index (χ0v) is 10.6. The van der Waals surface area contributed by atoms with Crippen LogP contribution in [-0.4, -0.2) is 4.98 Å². The molecule has 0 unspecified atom stereocenters. The second kappa shape index (κ2) is 5.89. The second-order valence-electron chi connectivity index (χ2n) is 3.52. The lowest BCUT2D eigenvalue weighted by Crippen LogP contribution is -1.99. The summed E-state index contributed by atoms with van der Waals surface area (Å²) in [5, 5.41) is 0.699. The van der Waals surface area contributed by atoms with Gasteiger partial charge < -0.3 is 4.74 Å². The van der Waals surface area contributed by atoms with Gasteiger partial charge in [-0.05, 0) is 23.8 Å². The summed E-state index contributed by atoms with van der Waals surface area (Å²) in [7, 11) is 0. The largest absolute Gasteiger partial charge is 0.473 e. The van der Waals surface area contributed by atoms with Crippen molar-refractivity contribution >= 4 is 23.2 Å². The molecule has 0 radical (unpaired) electrons. The molecule has 2 aromatic rings. The van der Waals surface area contributed by atoms with Crippen LogP contribution in [0.1, 0.15) is 11.1 Å². The van der Waals surface area contributed by atoms with Gasteiger partial charge in [-0.1, -0.05) is 29.8 Å². The quantitative estimate of drug-likeness (QED) is 0.780. The summed E-state index contributed by atoms with van der Waals surface area (Å²) in [6, 6.07) is 11.3. The lowest BCUT2D eigenvalue weighted by atomic mass is 10.2. The molecule has 17 heavy (non-hydrogen) atoms. The predicted octanol–water partition coefficient (Wildman–Crippen LogP) is 4.05. The maximum atomic E-state index is 5.89. The molecule has 0 saturated carbocycles. The Balaban J connectivity index is 2.07. The molecule has 0 aliphatic carbocycles. The number of hydrogen-bond acceptors (Lipinski definition) is 2. The molecule has 0 fully saturated rings. The van der Waals surface area contributed by atoms with Gasteiger partial charge in [-0.2, -0.15) is 0 Å². The van der Waals surface area contributed by atoms with Gasteiger partial charge in [-0.15, -0.1) is 11.6 Å². The smallest absolute Gasteiger partial charge is 0.218 e. The minimum Gasteiger partial charge on any atom is -0.473 e. The molecule has 2 rings (SSSR count). The maximum Gasteiger partial charge on any atom is 0.218 e. The van der Waals surface area contributed by atoms with E-state index in [1.807, 2.05) is 36.4 Å². The van der Waals surface area contributed by atoms with Crippen LogP contribution in [0.2, 0.25) is 5.02 Å². The fraction of sp³-hybridized carbons (Fsp3) is 0.154. The van der Waals surface area contributed by atoms with E-state index in [1.165, 1.54) is 0 Å². The Hall–Kier alpha value is -1.25. The van der Waals surface area contributed by atoms with Crippen molar-refractivity contribution in [1.29, 1.82) is 0 Å². The van der Waals surface area contributed by atoms with E-state index >= 15 is 0 Å². The monoisotopic (exact) mass is 267 g/mol. The Kier molecular flexibility index (Phi) is 4.24. The minimum absolute atomic E-state index is 0.388. The second-order valence-corrected chi connectivity index (χ2v) is 4.22. The molecule has 88 valence electrons. The van der Waals surface area contributed by atoms with Crippen molar-refractivity contribution in [3.05, 3.63) is 58.7 Å². The molecule has 4 heteroatoms. The van der Waals surface area contributed by atoms with Gasteiger partial charge >= 0.3 is 0 Å². The van der Waals surface area contributed by atoms with Crippen LogP contribution in [-0.2, 0) is 12.5 Å². The molecule has 2 nitrogen and oxygen atoms in total. The molecule has 1 aromatic carbocycles. The number of aromatic nitrogens is 1. The van der Waals surface area contributed by atoms with Crippen molar-refractivity contribution in [3.63, 3.8) is 0 Å². The number of pyridine rings is 1. The van der Waals surface area contributed by atoms with Gasteiger partial charge in [0.2, 0.25) is 5.88 Å². The van der Waals surface area contributed by atoms with Crippen molar-refractivity contribution in [2.75, 3.05) is 0 Å². The van der Waals surface area contributed by atoms with Crippen LogP contribution in [0.4, 0.5) is 0 Å². The van der Waals surface area contributed by atoms with Gasteiger partial charge in [0, 0.05) is 16.8 Å². The summed E-state index contributed by atoms with van der Waals surface area (Å²) in [4.78, 5) is 4.15. The van der Waals surface area contributed by atoms with E-state index in [0.29, 0.717) is 23.4 Å². The van der Waals surface area contributed by atoms with Crippen molar-refractivity contribution in [2.24, 2.45) is 0 Å². The van der Waals surface area contributed by atoms with E-state index in [-0.39, 0.29) is 0 Å². The third-order valence-electron chi connectivity index (χ3n) is 2.26. The molecule has 1 aromatic heterocycles. The lowest BCUT2D eigenvalue weighted by molar-refractivity contribution is 0.291. The number of benzene rings is 1. The Morgan fingerprint density at radius 3 is 2.82 bits per heavy atom. The number of ether oxygens (including phenoxy) is 1. The molecule has 0 amide bonds. The molecular formula is C13H11Cl2NO. The zero-order chi connectivity index (χ0) is 12.1. The van der Waals surface area contributed by atoms with Crippen molar-refractivity contribution in [3.8, 4) is 5.88 Å². The summed E-state index contributed by atoms with van der Waals surface area (Å²) in [5.74, 6) is 0.959. The maximum absolute atomic E-state index is 5.89. The SMILES string of the molecule is ClCc1cccnc1OCc1cccc(Cl)c1. The standard InChI is InChI=1S/C13H11Cl2NO/c14-8-11-4-2-6-16-13(11)17-9-10-3-1-5-12(15)7-10/h1-7H,8-9H2. The van der Waals surface area contributed by atoms with Crippen molar-refractivity contribution in [1.82, 2.24) is 4.98 Å². The van der Waals surface area contributed by atoms with Crippen LogP contribution in [0.15, 0.2) is 42.6 Å². The first-order chi connectivity index (χ1) is 8.29. The number of nitrogens with zero attached hydrogens (tertiary/aromatic N) is 1. The van der Waals surface area contributed by atoms with Gasteiger partial charge in [0.15, 0.2) is 0 Å². The molecule has 0 N–H and O–H groups in total. The third kappa shape index (κ3) is 3.35. The van der Waals surface area contributed by atoms with Crippen molar-refractivity contribution < 1.29 is 4.74 Å². The highest BCUT2D eigenvalue weighted by molar-refractivity contribution is 6.30. The number of hydrogen-bond donors (Lipinski definition) is 0. The van der Waals surface area contributed by atoms with E-state index in [4.69, 9.17) is 27.9 Å². The number of rotatable bonds is 4. The average Bonchev–Trinajstić information content (AvgIpc) is 2.37. The third-order valence-corrected chi connectivity index (χ3v) is 2.78. The Labute approximate surface area is 110 Å². The fourth-order valence-electron chi connectivity index (χ4n) is 1.43. The average molecular weight is 268 g/mol. The fourth-order valence-corrected chi connectivity index (χ4v) is 1.85. The molecule has 0 aliphatic heterocycles. The Morgan fingerprint density at radius 2 is 2.06 bits per heavy atom. The normalized spacial score (nSPS) is 10.2. The highest BCUT2D eigenvalue weighted by atomic mass is 35.5. The Morgan fingerprint density at radius 1 is 1.18 bits per heavy atom. The first-order valence-corrected chi connectivity index (χ1v) is 6.08. The molecule has 1 heterocycles. The molecule has 0 aliphatic rings. The summed E-state index contributed by atoms with van der Waals surface area (Å²) in [6.45, 7) is 0.432. The predicted molar refractivity (Wildman–Crippen MR) is 69.6 cm³/mol. The molecule has 0 atom stereocenters. The van der Waals surface area contributed by atoms with E-state index in [1.54, 1.807) is 6.20 Å². The van der Waals surface area contributed by atoms with Gasteiger partial charge in [0.1, 0.15) is 6.61 Å². The minimum atomic E-state index is 0.388. The van der Waals surface area contributed by atoms with Crippen LogP contribution in [0.25, 0.3) is 0 Å².